The molecule has 21 heavy (non-hydrogen) atoms. The van der Waals surface area contributed by atoms with E-state index in [0.717, 1.165) is 22.3 Å². The van der Waals surface area contributed by atoms with Gasteiger partial charge in [-0.2, -0.15) is 0 Å². The lowest BCUT2D eigenvalue weighted by molar-refractivity contribution is -0.138. The molecule has 0 fully saturated rings. The topological polar surface area (TPSA) is 37.3 Å². The molecule has 110 valence electrons. The van der Waals surface area contributed by atoms with Crippen LogP contribution in [0.25, 0.3) is 0 Å². The van der Waals surface area contributed by atoms with Crippen LogP contribution in [0.1, 0.15) is 28.2 Å². The van der Waals surface area contributed by atoms with Gasteiger partial charge in [0.2, 0.25) is 0 Å². The molecule has 1 atom stereocenters. The van der Waals surface area contributed by atoms with E-state index >= 15 is 0 Å². The lowest BCUT2D eigenvalue weighted by Gasteiger charge is -2.17. The third-order valence-electron chi connectivity index (χ3n) is 3.55. The van der Waals surface area contributed by atoms with Gasteiger partial charge in [-0.05, 0) is 49.1 Å². The average Bonchev–Trinajstić information content (AvgIpc) is 2.41. The first kappa shape index (κ1) is 15.9. The molecule has 0 amide bonds. The summed E-state index contributed by atoms with van der Waals surface area (Å²) < 4.78 is 0. The summed E-state index contributed by atoms with van der Waals surface area (Å²) in [4.78, 5) is 11.7. The molecule has 0 aliphatic rings. The minimum Gasteiger partial charge on any atom is -0.481 e. The molecule has 0 aromatic heterocycles. The molecule has 2 nitrogen and oxygen atoms in total. The molecule has 1 N–H and O–H groups in total. The van der Waals surface area contributed by atoms with Crippen molar-refractivity contribution in [2.24, 2.45) is 0 Å². The number of aliphatic carboxylic acids is 1. The Morgan fingerprint density at radius 2 is 1.86 bits per heavy atom. The molecule has 0 aliphatic heterocycles. The molecule has 1 unspecified atom stereocenters. The Hall–Kier alpha value is -1.51. The van der Waals surface area contributed by atoms with E-state index < -0.39 is 11.9 Å². The maximum Gasteiger partial charge on any atom is 0.311 e. The van der Waals surface area contributed by atoms with Crippen molar-refractivity contribution in [1.82, 2.24) is 0 Å². The summed E-state index contributed by atoms with van der Waals surface area (Å²) in [6.07, 6.45) is 0.343. The van der Waals surface area contributed by atoms with Crippen molar-refractivity contribution in [3.05, 3.63) is 68.7 Å². The van der Waals surface area contributed by atoms with Crippen molar-refractivity contribution in [3.63, 3.8) is 0 Å². The van der Waals surface area contributed by atoms with Crippen molar-refractivity contribution in [3.8, 4) is 0 Å². The van der Waals surface area contributed by atoms with Gasteiger partial charge in [0.1, 0.15) is 0 Å². The van der Waals surface area contributed by atoms with Crippen LogP contribution in [-0.2, 0) is 11.2 Å². The lowest BCUT2D eigenvalue weighted by Crippen LogP contribution is -2.16. The van der Waals surface area contributed by atoms with Gasteiger partial charge in [-0.25, -0.2) is 0 Å². The molecule has 4 heteroatoms. The van der Waals surface area contributed by atoms with E-state index in [1.807, 2.05) is 32.0 Å². The van der Waals surface area contributed by atoms with E-state index in [2.05, 4.69) is 0 Å². The molecular formula is C17H16Cl2O2. The van der Waals surface area contributed by atoms with Crippen molar-refractivity contribution in [1.29, 1.82) is 0 Å². The predicted molar refractivity (Wildman–Crippen MR) is 86.5 cm³/mol. The Balaban J connectivity index is 2.40. The van der Waals surface area contributed by atoms with Crippen LogP contribution in [0.2, 0.25) is 10.0 Å². The number of halogens is 2. The van der Waals surface area contributed by atoms with Crippen molar-refractivity contribution in [2.75, 3.05) is 0 Å². The van der Waals surface area contributed by atoms with Crippen molar-refractivity contribution < 1.29 is 9.90 Å². The quantitative estimate of drug-likeness (QED) is 0.857. The van der Waals surface area contributed by atoms with Gasteiger partial charge >= 0.3 is 5.97 Å². The van der Waals surface area contributed by atoms with E-state index in [1.54, 1.807) is 18.2 Å². The fourth-order valence-corrected chi connectivity index (χ4v) is 2.86. The molecule has 0 spiro atoms. The zero-order valence-electron chi connectivity index (χ0n) is 11.9. The first-order chi connectivity index (χ1) is 9.88. The first-order valence-corrected chi connectivity index (χ1v) is 7.38. The van der Waals surface area contributed by atoms with Crippen LogP contribution < -0.4 is 0 Å². The van der Waals surface area contributed by atoms with Gasteiger partial charge in [0, 0.05) is 10.0 Å². The van der Waals surface area contributed by atoms with Gasteiger partial charge in [0.15, 0.2) is 0 Å². The molecule has 0 radical (unpaired) electrons. The Morgan fingerprint density at radius 3 is 2.48 bits per heavy atom. The Kier molecular flexibility index (Phi) is 4.92. The summed E-state index contributed by atoms with van der Waals surface area (Å²) in [5.41, 5.74) is 3.63. The minimum atomic E-state index is -0.852. The highest BCUT2D eigenvalue weighted by atomic mass is 35.5. The van der Waals surface area contributed by atoms with E-state index in [0.29, 0.717) is 16.5 Å². The van der Waals surface area contributed by atoms with Gasteiger partial charge in [0.25, 0.3) is 0 Å². The van der Waals surface area contributed by atoms with Crippen LogP contribution in [0.4, 0.5) is 0 Å². The highest BCUT2D eigenvalue weighted by molar-refractivity contribution is 6.35. The second kappa shape index (κ2) is 6.50. The maximum atomic E-state index is 11.7. The zero-order chi connectivity index (χ0) is 15.6. The van der Waals surface area contributed by atoms with E-state index in [1.165, 1.54) is 0 Å². The number of hydrogen-bond acceptors (Lipinski definition) is 1. The summed E-state index contributed by atoms with van der Waals surface area (Å²) in [7, 11) is 0. The van der Waals surface area contributed by atoms with Crippen LogP contribution >= 0.6 is 23.2 Å². The van der Waals surface area contributed by atoms with Crippen LogP contribution in [0.15, 0.2) is 36.4 Å². The zero-order valence-corrected chi connectivity index (χ0v) is 13.4. The number of benzene rings is 2. The van der Waals surface area contributed by atoms with Crippen LogP contribution in [0, 0.1) is 13.8 Å². The maximum absolute atomic E-state index is 11.7. The minimum absolute atomic E-state index is 0.343. The SMILES string of the molecule is Cc1ccc(C)c(C(Cc2ccc(Cl)cc2Cl)C(=O)O)c1. The molecule has 0 heterocycles. The fraction of sp³-hybridized carbons (Fsp3) is 0.235. The van der Waals surface area contributed by atoms with Crippen LogP contribution in [0.5, 0.6) is 0 Å². The van der Waals surface area contributed by atoms with Crippen LogP contribution in [-0.4, -0.2) is 11.1 Å². The molecule has 0 bridgehead atoms. The molecule has 0 aliphatic carbocycles. The summed E-state index contributed by atoms with van der Waals surface area (Å²) in [5, 5.41) is 10.6. The Morgan fingerprint density at radius 1 is 1.14 bits per heavy atom. The largest absolute Gasteiger partial charge is 0.481 e. The fourth-order valence-electron chi connectivity index (χ4n) is 2.37. The third kappa shape index (κ3) is 3.78. The first-order valence-electron chi connectivity index (χ1n) is 6.62. The average molecular weight is 323 g/mol. The van der Waals surface area contributed by atoms with Gasteiger partial charge in [-0.15, -0.1) is 0 Å². The van der Waals surface area contributed by atoms with Crippen molar-refractivity contribution >= 4 is 29.2 Å². The van der Waals surface area contributed by atoms with E-state index in [-0.39, 0.29) is 0 Å². The number of carboxylic acid groups (broad SMARTS) is 1. The van der Waals surface area contributed by atoms with Gasteiger partial charge in [-0.1, -0.05) is 53.0 Å². The predicted octanol–water partition coefficient (Wildman–Crippen LogP) is 5.02. The highest BCUT2D eigenvalue weighted by Gasteiger charge is 2.23. The molecule has 2 rings (SSSR count). The normalized spacial score (nSPS) is 12.2. The number of hydrogen-bond donors (Lipinski definition) is 1. The lowest BCUT2D eigenvalue weighted by atomic mass is 9.88. The Labute approximate surface area is 134 Å². The molecule has 0 saturated carbocycles. The van der Waals surface area contributed by atoms with Crippen molar-refractivity contribution in [2.45, 2.75) is 26.2 Å². The molecule has 2 aromatic rings. The second-order valence-corrected chi connectivity index (χ2v) is 6.03. The van der Waals surface area contributed by atoms with E-state index in [9.17, 15) is 9.90 Å². The number of carbonyl (C=O) groups is 1. The summed E-state index contributed by atoms with van der Waals surface area (Å²) in [5.74, 6) is -1.47. The third-order valence-corrected chi connectivity index (χ3v) is 4.13. The van der Waals surface area contributed by atoms with Crippen LogP contribution in [0.3, 0.4) is 0 Å². The summed E-state index contributed by atoms with van der Waals surface area (Å²) in [6.45, 7) is 3.88. The van der Waals surface area contributed by atoms with Gasteiger partial charge in [0.05, 0.1) is 5.92 Å². The van der Waals surface area contributed by atoms with Gasteiger partial charge < -0.3 is 5.11 Å². The monoisotopic (exact) mass is 322 g/mol. The second-order valence-electron chi connectivity index (χ2n) is 5.19. The standard InChI is InChI=1S/C17H16Cl2O2/c1-10-3-4-11(2)14(7-10)15(17(20)21)8-12-5-6-13(18)9-16(12)19/h3-7,9,15H,8H2,1-2H3,(H,20,21). The summed E-state index contributed by atoms with van der Waals surface area (Å²) >= 11 is 12.0. The van der Waals surface area contributed by atoms with E-state index in [4.69, 9.17) is 23.2 Å². The van der Waals surface area contributed by atoms with Gasteiger partial charge in [-0.3, -0.25) is 4.79 Å². The number of rotatable bonds is 4. The number of aryl methyl sites for hydroxylation is 2. The molecule has 2 aromatic carbocycles. The number of carboxylic acids is 1. The molecule has 0 saturated heterocycles. The highest BCUT2D eigenvalue weighted by Crippen LogP contribution is 2.29. The summed E-state index contributed by atoms with van der Waals surface area (Å²) in [6, 6.07) is 11.0. The smallest absolute Gasteiger partial charge is 0.311 e. The molecular weight excluding hydrogens is 307 g/mol. The Bertz CT molecular complexity index is 680.